The van der Waals surface area contributed by atoms with Crippen LogP contribution in [0.1, 0.15) is 56.8 Å². The standard InChI is InChI=1S/C16H22Br2O/c1-10-8-14(18)11(9-13(10)17)15(19)12-6-4-5-7-16(12,2)3/h8-9,12,15,19H,4-7H2,1-3H3. The minimum absolute atomic E-state index is 0.217. The number of hydrogen-bond acceptors (Lipinski definition) is 1. The highest BCUT2D eigenvalue weighted by molar-refractivity contribution is 9.11. The largest absolute Gasteiger partial charge is 0.388 e. The minimum atomic E-state index is -0.387. The van der Waals surface area contributed by atoms with Crippen molar-refractivity contribution < 1.29 is 5.11 Å². The Morgan fingerprint density at radius 3 is 2.53 bits per heavy atom. The van der Waals surface area contributed by atoms with E-state index in [-0.39, 0.29) is 11.5 Å². The van der Waals surface area contributed by atoms with Crippen LogP contribution in [0.3, 0.4) is 0 Å². The molecule has 0 saturated heterocycles. The molecule has 0 radical (unpaired) electrons. The van der Waals surface area contributed by atoms with E-state index in [2.05, 4.69) is 64.8 Å². The number of hydrogen-bond donors (Lipinski definition) is 1. The summed E-state index contributed by atoms with van der Waals surface area (Å²) in [5.41, 5.74) is 2.41. The molecule has 1 fully saturated rings. The van der Waals surface area contributed by atoms with Gasteiger partial charge in [0.25, 0.3) is 0 Å². The minimum Gasteiger partial charge on any atom is -0.388 e. The van der Waals surface area contributed by atoms with Crippen molar-refractivity contribution in [2.45, 2.75) is 52.6 Å². The molecule has 1 aromatic rings. The molecule has 0 aromatic heterocycles. The molecule has 1 aromatic carbocycles. The van der Waals surface area contributed by atoms with Crippen LogP contribution in [-0.2, 0) is 0 Å². The van der Waals surface area contributed by atoms with Gasteiger partial charge in [-0.25, -0.2) is 0 Å². The van der Waals surface area contributed by atoms with Crippen LogP contribution in [0.25, 0.3) is 0 Å². The van der Waals surface area contributed by atoms with Gasteiger partial charge in [0.2, 0.25) is 0 Å². The third-order valence-corrected chi connectivity index (χ3v) is 6.11. The van der Waals surface area contributed by atoms with Crippen molar-refractivity contribution in [2.75, 3.05) is 0 Å². The predicted octanol–water partition coefficient (Wildman–Crippen LogP) is 5.77. The quantitative estimate of drug-likeness (QED) is 0.680. The Balaban J connectivity index is 2.33. The van der Waals surface area contributed by atoms with E-state index in [1.165, 1.54) is 24.8 Å². The maximum atomic E-state index is 10.8. The number of aryl methyl sites for hydroxylation is 1. The summed E-state index contributed by atoms with van der Waals surface area (Å²) in [5, 5.41) is 10.8. The number of halogens is 2. The van der Waals surface area contributed by atoms with E-state index < -0.39 is 0 Å². The van der Waals surface area contributed by atoms with Crippen molar-refractivity contribution in [1.29, 1.82) is 0 Å². The van der Waals surface area contributed by atoms with Gasteiger partial charge >= 0.3 is 0 Å². The third kappa shape index (κ3) is 3.25. The summed E-state index contributed by atoms with van der Waals surface area (Å²) in [6.45, 7) is 6.64. The smallest absolute Gasteiger partial charge is 0.0834 e. The summed E-state index contributed by atoms with van der Waals surface area (Å²) in [4.78, 5) is 0. The van der Waals surface area contributed by atoms with Crippen LogP contribution < -0.4 is 0 Å². The van der Waals surface area contributed by atoms with E-state index in [1.54, 1.807) is 0 Å². The van der Waals surface area contributed by atoms with Gasteiger partial charge in [0.05, 0.1) is 6.10 Å². The topological polar surface area (TPSA) is 20.2 Å². The maximum absolute atomic E-state index is 10.8. The van der Waals surface area contributed by atoms with Crippen molar-refractivity contribution in [3.8, 4) is 0 Å². The van der Waals surface area contributed by atoms with Gasteiger partial charge in [-0.1, -0.05) is 58.5 Å². The Labute approximate surface area is 133 Å². The van der Waals surface area contributed by atoms with Crippen molar-refractivity contribution in [2.24, 2.45) is 11.3 Å². The molecule has 0 amide bonds. The molecular weight excluding hydrogens is 368 g/mol. The lowest BCUT2D eigenvalue weighted by Gasteiger charge is -2.41. The molecule has 106 valence electrons. The lowest BCUT2D eigenvalue weighted by molar-refractivity contribution is 0.00343. The Kier molecular flexibility index (Phi) is 4.79. The van der Waals surface area contributed by atoms with Crippen LogP contribution in [0.2, 0.25) is 0 Å². The predicted molar refractivity (Wildman–Crippen MR) is 87.3 cm³/mol. The molecule has 1 N–H and O–H groups in total. The SMILES string of the molecule is Cc1cc(Br)c(C(O)C2CCCCC2(C)C)cc1Br. The van der Waals surface area contributed by atoms with Gasteiger partial charge in [-0.15, -0.1) is 0 Å². The van der Waals surface area contributed by atoms with Crippen LogP contribution in [0.15, 0.2) is 21.1 Å². The molecule has 2 unspecified atom stereocenters. The number of benzene rings is 1. The molecular formula is C16H22Br2O. The monoisotopic (exact) mass is 388 g/mol. The normalized spacial score (nSPS) is 24.2. The number of aliphatic hydroxyl groups is 1. The second-order valence-corrected chi connectivity index (χ2v) is 8.12. The molecule has 0 heterocycles. The van der Waals surface area contributed by atoms with Crippen LogP contribution in [0.4, 0.5) is 0 Å². The van der Waals surface area contributed by atoms with Crippen molar-refractivity contribution >= 4 is 31.9 Å². The molecule has 0 aliphatic heterocycles. The Hall–Kier alpha value is 0.140. The lowest BCUT2D eigenvalue weighted by Crippen LogP contribution is -2.32. The molecule has 1 nitrogen and oxygen atoms in total. The van der Waals surface area contributed by atoms with Gasteiger partial charge < -0.3 is 5.11 Å². The third-order valence-electron chi connectivity index (χ3n) is 4.57. The molecule has 0 spiro atoms. The average molecular weight is 390 g/mol. The first kappa shape index (κ1) is 15.5. The first-order valence-corrected chi connectivity index (χ1v) is 8.55. The second-order valence-electron chi connectivity index (χ2n) is 6.41. The first-order valence-electron chi connectivity index (χ1n) is 6.96. The van der Waals surface area contributed by atoms with Crippen LogP contribution in [0.5, 0.6) is 0 Å². The summed E-state index contributed by atoms with van der Waals surface area (Å²) < 4.78 is 2.08. The van der Waals surface area contributed by atoms with Crippen molar-refractivity contribution in [3.63, 3.8) is 0 Å². The highest BCUT2D eigenvalue weighted by Crippen LogP contribution is 2.48. The van der Waals surface area contributed by atoms with Crippen molar-refractivity contribution in [1.82, 2.24) is 0 Å². The van der Waals surface area contributed by atoms with E-state index >= 15 is 0 Å². The zero-order chi connectivity index (χ0) is 14.2. The van der Waals surface area contributed by atoms with Crippen LogP contribution in [0, 0.1) is 18.3 Å². The van der Waals surface area contributed by atoms with E-state index in [0.717, 1.165) is 20.9 Å². The fourth-order valence-corrected chi connectivity index (χ4v) is 4.26. The summed E-state index contributed by atoms with van der Waals surface area (Å²) in [6.07, 6.45) is 4.46. The van der Waals surface area contributed by atoms with E-state index in [1.807, 2.05) is 0 Å². The Morgan fingerprint density at radius 2 is 1.89 bits per heavy atom. The fraction of sp³-hybridized carbons (Fsp3) is 0.625. The second kappa shape index (κ2) is 5.87. The van der Waals surface area contributed by atoms with E-state index in [9.17, 15) is 5.11 Å². The number of rotatable bonds is 2. The molecule has 0 bridgehead atoms. The highest BCUT2D eigenvalue weighted by Gasteiger charge is 2.38. The molecule has 1 aliphatic rings. The molecule has 2 rings (SSSR count). The molecule has 3 heteroatoms. The van der Waals surface area contributed by atoms with Gasteiger partial charge in [-0.3, -0.25) is 0 Å². The summed E-state index contributed by atoms with van der Waals surface area (Å²) in [6, 6.07) is 4.15. The average Bonchev–Trinajstić information content (AvgIpc) is 2.32. The zero-order valence-corrected chi connectivity index (χ0v) is 15.0. The van der Waals surface area contributed by atoms with Crippen LogP contribution in [-0.4, -0.2) is 5.11 Å². The van der Waals surface area contributed by atoms with E-state index in [0.29, 0.717) is 5.92 Å². The van der Waals surface area contributed by atoms with Gasteiger partial charge in [-0.2, -0.15) is 0 Å². The molecule has 1 aliphatic carbocycles. The van der Waals surface area contributed by atoms with Gasteiger partial charge in [0, 0.05) is 8.95 Å². The number of aliphatic hydroxyl groups excluding tert-OH is 1. The fourth-order valence-electron chi connectivity index (χ4n) is 3.21. The van der Waals surface area contributed by atoms with Gasteiger partial charge in [-0.05, 0) is 54.4 Å². The summed E-state index contributed by atoms with van der Waals surface area (Å²) >= 11 is 7.17. The lowest BCUT2D eigenvalue weighted by atomic mass is 9.65. The van der Waals surface area contributed by atoms with Gasteiger partial charge in [0.1, 0.15) is 0 Å². The zero-order valence-electron chi connectivity index (χ0n) is 11.8. The Morgan fingerprint density at radius 1 is 1.21 bits per heavy atom. The van der Waals surface area contributed by atoms with Gasteiger partial charge in [0.15, 0.2) is 0 Å². The molecule has 19 heavy (non-hydrogen) atoms. The first-order chi connectivity index (χ1) is 8.83. The summed E-state index contributed by atoms with van der Waals surface area (Å²) in [5.74, 6) is 0.340. The molecule has 2 atom stereocenters. The molecule has 1 saturated carbocycles. The summed E-state index contributed by atoms with van der Waals surface area (Å²) in [7, 11) is 0. The maximum Gasteiger partial charge on any atom is 0.0834 e. The highest BCUT2D eigenvalue weighted by atomic mass is 79.9. The van der Waals surface area contributed by atoms with Crippen LogP contribution >= 0.6 is 31.9 Å². The van der Waals surface area contributed by atoms with E-state index in [4.69, 9.17) is 0 Å². The Bertz CT molecular complexity index is 468. The van der Waals surface area contributed by atoms with Crippen molar-refractivity contribution in [3.05, 3.63) is 32.2 Å².